The van der Waals surface area contributed by atoms with Crippen molar-refractivity contribution in [1.29, 1.82) is 0 Å². The van der Waals surface area contributed by atoms with Crippen molar-refractivity contribution in [3.05, 3.63) is 36.7 Å². The van der Waals surface area contributed by atoms with Crippen molar-refractivity contribution in [3.63, 3.8) is 0 Å². The third-order valence-corrected chi connectivity index (χ3v) is 5.98. The summed E-state index contributed by atoms with van der Waals surface area (Å²) in [6, 6.07) is 8.07. The summed E-state index contributed by atoms with van der Waals surface area (Å²) in [6.07, 6.45) is 20.6. The number of rotatable bonds is 17. The lowest BCUT2D eigenvalue weighted by Crippen LogP contribution is -1.99. The molecule has 1 heterocycles. The Morgan fingerprint density at radius 3 is 1.94 bits per heavy atom. The molecule has 0 radical (unpaired) electrons. The van der Waals surface area contributed by atoms with E-state index in [-0.39, 0.29) is 0 Å². The van der Waals surface area contributed by atoms with Crippen molar-refractivity contribution in [3.8, 4) is 22.9 Å². The molecule has 4 nitrogen and oxygen atoms in total. The molecule has 0 saturated heterocycles. The number of ether oxygens (including phenoxy) is 2. The van der Waals surface area contributed by atoms with Gasteiger partial charge in [-0.15, -0.1) is 0 Å². The van der Waals surface area contributed by atoms with Gasteiger partial charge < -0.3 is 9.47 Å². The van der Waals surface area contributed by atoms with Crippen LogP contribution in [0.2, 0.25) is 0 Å². The maximum Gasteiger partial charge on any atom is 0.159 e. The molecule has 1 aliphatic rings. The second-order valence-electron chi connectivity index (χ2n) is 8.88. The highest BCUT2D eigenvalue weighted by Gasteiger charge is 2.19. The average Bonchev–Trinajstić information content (AvgIpc) is 3.63. The average molecular weight is 425 g/mol. The second-order valence-corrected chi connectivity index (χ2v) is 8.88. The maximum absolute atomic E-state index is 5.88. The van der Waals surface area contributed by atoms with E-state index in [1.807, 2.05) is 24.3 Å². The SMILES string of the molecule is CCCCCCCCOc1cnc(-c2ccc(OCCCCCCC3CC3)cc2)nc1. The number of hydrogen-bond donors (Lipinski definition) is 0. The Balaban J connectivity index is 1.29. The second kappa shape index (κ2) is 14.1. The summed E-state index contributed by atoms with van der Waals surface area (Å²) in [5.41, 5.74) is 0.995. The predicted molar refractivity (Wildman–Crippen MR) is 128 cm³/mol. The smallest absolute Gasteiger partial charge is 0.159 e. The lowest BCUT2D eigenvalue weighted by atomic mass is 10.1. The fourth-order valence-electron chi connectivity index (χ4n) is 3.80. The molecule has 0 amide bonds. The van der Waals surface area contributed by atoms with Crippen LogP contribution in [0.1, 0.15) is 90.4 Å². The van der Waals surface area contributed by atoms with Crippen molar-refractivity contribution in [2.75, 3.05) is 13.2 Å². The highest BCUT2D eigenvalue weighted by Crippen LogP contribution is 2.34. The summed E-state index contributed by atoms with van der Waals surface area (Å²) in [5, 5.41) is 0. The van der Waals surface area contributed by atoms with Crippen LogP contribution in [0.4, 0.5) is 0 Å². The third-order valence-electron chi connectivity index (χ3n) is 5.98. The van der Waals surface area contributed by atoms with Crippen molar-refractivity contribution in [1.82, 2.24) is 9.97 Å². The van der Waals surface area contributed by atoms with E-state index in [1.165, 1.54) is 70.6 Å². The Labute approximate surface area is 188 Å². The minimum Gasteiger partial charge on any atom is -0.494 e. The van der Waals surface area contributed by atoms with Crippen LogP contribution < -0.4 is 9.47 Å². The first kappa shape index (κ1) is 23.6. The zero-order valence-corrected chi connectivity index (χ0v) is 19.4. The normalized spacial score (nSPS) is 13.3. The van der Waals surface area contributed by atoms with Gasteiger partial charge in [0.05, 0.1) is 25.6 Å². The van der Waals surface area contributed by atoms with Gasteiger partial charge in [-0.1, -0.05) is 77.6 Å². The summed E-state index contributed by atoms with van der Waals surface area (Å²) < 4.78 is 11.7. The standard InChI is InChI=1S/C27H40N2O2/c1-2-3-4-5-7-10-20-31-26-21-28-27(29-22-26)24-15-17-25(18-16-24)30-19-11-8-6-9-12-23-13-14-23/h15-18,21-23H,2-14,19-20H2,1H3. The van der Waals surface area contributed by atoms with Crippen LogP contribution in [0, 0.1) is 5.92 Å². The number of unbranched alkanes of at least 4 members (excludes halogenated alkanes) is 8. The molecule has 0 spiro atoms. The van der Waals surface area contributed by atoms with Crippen LogP contribution in [0.5, 0.6) is 11.5 Å². The highest BCUT2D eigenvalue weighted by molar-refractivity contribution is 5.56. The monoisotopic (exact) mass is 424 g/mol. The quantitative estimate of drug-likeness (QED) is 0.245. The van der Waals surface area contributed by atoms with Gasteiger partial charge >= 0.3 is 0 Å². The Hall–Kier alpha value is -2.10. The van der Waals surface area contributed by atoms with Crippen molar-refractivity contribution in [2.24, 2.45) is 5.92 Å². The molecule has 2 aromatic rings. The lowest BCUT2D eigenvalue weighted by Gasteiger charge is -2.08. The Morgan fingerprint density at radius 2 is 1.29 bits per heavy atom. The fourth-order valence-corrected chi connectivity index (χ4v) is 3.80. The number of nitrogens with zero attached hydrogens (tertiary/aromatic N) is 2. The van der Waals surface area contributed by atoms with E-state index in [2.05, 4.69) is 16.9 Å². The summed E-state index contributed by atoms with van der Waals surface area (Å²) >= 11 is 0. The fraction of sp³-hybridized carbons (Fsp3) is 0.630. The molecule has 1 aromatic heterocycles. The van der Waals surface area contributed by atoms with Gasteiger partial charge in [-0.25, -0.2) is 9.97 Å². The molecule has 0 N–H and O–H groups in total. The highest BCUT2D eigenvalue weighted by atomic mass is 16.5. The molecule has 0 bridgehead atoms. The lowest BCUT2D eigenvalue weighted by molar-refractivity contribution is 0.302. The molecule has 4 heteroatoms. The molecular weight excluding hydrogens is 384 g/mol. The van der Waals surface area contributed by atoms with E-state index < -0.39 is 0 Å². The predicted octanol–water partition coefficient (Wildman–Crippen LogP) is 7.62. The van der Waals surface area contributed by atoms with Gasteiger partial charge in [-0.2, -0.15) is 0 Å². The molecule has 3 rings (SSSR count). The van der Waals surface area contributed by atoms with E-state index in [1.54, 1.807) is 12.4 Å². The van der Waals surface area contributed by atoms with Crippen molar-refractivity contribution in [2.45, 2.75) is 90.4 Å². The van der Waals surface area contributed by atoms with E-state index >= 15 is 0 Å². The minimum atomic E-state index is 0.717. The molecule has 1 aliphatic carbocycles. The van der Waals surface area contributed by atoms with E-state index in [0.717, 1.165) is 49.0 Å². The van der Waals surface area contributed by atoms with Gasteiger partial charge in [0.2, 0.25) is 0 Å². The molecule has 31 heavy (non-hydrogen) atoms. The van der Waals surface area contributed by atoms with Crippen molar-refractivity contribution < 1.29 is 9.47 Å². The van der Waals surface area contributed by atoms with Crippen LogP contribution in [0.3, 0.4) is 0 Å². The Bertz CT molecular complexity index is 711. The van der Waals surface area contributed by atoms with Gasteiger partial charge in [0.25, 0.3) is 0 Å². The number of aromatic nitrogens is 2. The maximum atomic E-state index is 5.88. The summed E-state index contributed by atoms with van der Waals surface area (Å²) in [5.74, 6) is 3.44. The zero-order valence-electron chi connectivity index (χ0n) is 19.4. The summed E-state index contributed by atoms with van der Waals surface area (Å²) in [6.45, 7) is 3.78. The Kier molecular flexibility index (Phi) is 10.7. The Morgan fingerprint density at radius 1 is 0.710 bits per heavy atom. The van der Waals surface area contributed by atoms with Crippen molar-refractivity contribution >= 4 is 0 Å². The molecule has 0 unspecified atom stereocenters. The van der Waals surface area contributed by atoms with E-state index in [4.69, 9.17) is 9.47 Å². The molecule has 1 fully saturated rings. The topological polar surface area (TPSA) is 44.2 Å². The van der Waals surface area contributed by atoms with Crippen LogP contribution >= 0.6 is 0 Å². The first-order chi connectivity index (χ1) is 15.3. The molecule has 1 saturated carbocycles. The molecule has 1 aromatic carbocycles. The molecule has 170 valence electrons. The summed E-state index contributed by atoms with van der Waals surface area (Å²) in [4.78, 5) is 8.92. The van der Waals surface area contributed by atoms with Crippen LogP contribution in [0.15, 0.2) is 36.7 Å². The van der Waals surface area contributed by atoms with Gasteiger partial charge in [-0.05, 0) is 43.0 Å². The number of hydrogen-bond acceptors (Lipinski definition) is 4. The van der Waals surface area contributed by atoms with Crippen LogP contribution in [-0.4, -0.2) is 23.2 Å². The minimum absolute atomic E-state index is 0.717. The zero-order chi connectivity index (χ0) is 21.6. The molecule has 0 atom stereocenters. The third kappa shape index (κ3) is 9.71. The van der Waals surface area contributed by atoms with E-state index in [0.29, 0.717) is 5.82 Å². The largest absolute Gasteiger partial charge is 0.494 e. The van der Waals surface area contributed by atoms with Gasteiger partial charge in [0.1, 0.15) is 5.75 Å². The van der Waals surface area contributed by atoms with Crippen LogP contribution in [0.25, 0.3) is 11.4 Å². The molecule has 0 aliphatic heterocycles. The van der Waals surface area contributed by atoms with Gasteiger partial charge in [0.15, 0.2) is 11.6 Å². The van der Waals surface area contributed by atoms with E-state index in [9.17, 15) is 0 Å². The molecular formula is C27H40N2O2. The van der Waals surface area contributed by atoms with Gasteiger partial charge in [-0.3, -0.25) is 0 Å². The summed E-state index contributed by atoms with van der Waals surface area (Å²) in [7, 11) is 0. The number of benzene rings is 1. The first-order valence-electron chi connectivity index (χ1n) is 12.5. The van der Waals surface area contributed by atoms with Crippen LogP contribution in [-0.2, 0) is 0 Å². The first-order valence-corrected chi connectivity index (χ1v) is 12.5. The van der Waals surface area contributed by atoms with Gasteiger partial charge in [0, 0.05) is 5.56 Å².